The Kier molecular flexibility index (Phi) is 5.85. The van der Waals surface area contributed by atoms with E-state index in [-0.39, 0.29) is 5.04 Å². The Morgan fingerprint density at radius 1 is 0.960 bits per heavy atom. The van der Waals surface area contributed by atoms with Crippen LogP contribution in [0.3, 0.4) is 0 Å². The van der Waals surface area contributed by atoms with Gasteiger partial charge in [-0.05, 0) is 0 Å². The van der Waals surface area contributed by atoms with Gasteiger partial charge in [0.25, 0.3) is 0 Å². The molecule has 0 fully saturated rings. The molecule has 0 amide bonds. The van der Waals surface area contributed by atoms with Crippen LogP contribution in [-0.4, -0.2) is 8.07 Å². The molecule has 2 unspecified atom stereocenters. The third-order valence-electron chi connectivity index (χ3n) is 6.83. The fourth-order valence-corrected chi connectivity index (χ4v) is 18.7. The molecule has 0 N–H and O–H groups in total. The van der Waals surface area contributed by atoms with Gasteiger partial charge in [0.2, 0.25) is 0 Å². The van der Waals surface area contributed by atoms with Crippen LogP contribution in [0.1, 0.15) is 41.5 Å². The van der Waals surface area contributed by atoms with Gasteiger partial charge in [-0.1, -0.05) is 0 Å². The maximum absolute atomic E-state index is 2.67. The van der Waals surface area contributed by atoms with E-state index in [1.807, 2.05) is 3.88 Å². The van der Waals surface area contributed by atoms with Crippen molar-refractivity contribution < 1.29 is 16.6 Å². The Bertz CT molecular complexity index is 705. The van der Waals surface area contributed by atoms with Crippen LogP contribution in [0.2, 0.25) is 33.3 Å². The van der Waals surface area contributed by atoms with Gasteiger partial charge in [0.15, 0.2) is 0 Å². The molecule has 2 atom stereocenters. The maximum atomic E-state index is 2.67. The summed E-state index contributed by atoms with van der Waals surface area (Å²) in [5.41, 5.74) is 4.88. The molecule has 1 aromatic carbocycles. The first kappa shape index (κ1) is 20.9. The van der Waals surface area contributed by atoms with Crippen LogP contribution in [0, 0.1) is 5.92 Å². The van der Waals surface area contributed by atoms with E-state index in [0.717, 1.165) is 5.92 Å². The van der Waals surface area contributed by atoms with Crippen molar-refractivity contribution in [3.63, 3.8) is 0 Å². The Balaban J connectivity index is 2.83. The van der Waals surface area contributed by atoms with Crippen LogP contribution in [0.25, 0.3) is 0 Å². The molecule has 1 aliphatic rings. The van der Waals surface area contributed by atoms with Crippen LogP contribution < -0.4 is 5.19 Å². The molecule has 2 rings (SSSR count). The van der Waals surface area contributed by atoms with Gasteiger partial charge in [0.1, 0.15) is 0 Å². The second-order valence-electron chi connectivity index (χ2n) is 9.92. The second kappa shape index (κ2) is 6.98. The van der Waals surface area contributed by atoms with Crippen molar-refractivity contribution in [3.8, 4) is 0 Å². The first-order valence-electron chi connectivity index (χ1n) is 9.83. The number of benzene rings is 1. The van der Waals surface area contributed by atoms with E-state index in [0.29, 0.717) is 0 Å². The molecule has 0 bridgehead atoms. The molecular formula is C23H38SiTi. The van der Waals surface area contributed by atoms with Crippen molar-refractivity contribution in [1.29, 1.82) is 0 Å². The summed E-state index contributed by atoms with van der Waals surface area (Å²) >= 11 is -1.99. The van der Waals surface area contributed by atoms with Gasteiger partial charge in [-0.15, -0.1) is 0 Å². The third-order valence-corrected chi connectivity index (χ3v) is 17.0. The monoisotopic (exact) mass is 390 g/mol. The summed E-state index contributed by atoms with van der Waals surface area (Å²) in [6.45, 7) is 17.3. The molecule has 138 valence electrons. The molecule has 0 aliphatic heterocycles. The minimum atomic E-state index is -1.99. The van der Waals surface area contributed by atoms with Crippen LogP contribution >= 0.6 is 0 Å². The normalized spacial score (nSPS) is 24.3. The molecule has 0 aromatic heterocycles. The number of allylic oxidation sites excluding steroid dienone is 4. The molecule has 0 saturated heterocycles. The van der Waals surface area contributed by atoms with Crippen LogP contribution in [-0.2, 0) is 16.6 Å². The number of hydrogen-bond acceptors (Lipinski definition) is 0. The molecule has 2 heteroatoms. The Morgan fingerprint density at radius 2 is 1.48 bits per heavy atom. The SMILES string of the molecule is CC1=C(C)C(C)([Si](C)(CC(C)C)c2ccccc2)[C]([Ti]([CH3])([CH3])[CH3])=C1C. The predicted octanol–water partition coefficient (Wildman–Crippen LogP) is 7.31. The van der Waals surface area contributed by atoms with Crippen molar-refractivity contribution in [2.45, 2.75) is 74.9 Å². The third kappa shape index (κ3) is 3.33. The van der Waals surface area contributed by atoms with E-state index >= 15 is 0 Å². The van der Waals surface area contributed by atoms with Gasteiger partial charge < -0.3 is 0 Å². The van der Waals surface area contributed by atoms with Gasteiger partial charge >= 0.3 is 162 Å². The van der Waals surface area contributed by atoms with Crippen molar-refractivity contribution >= 4 is 13.3 Å². The average molecular weight is 391 g/mol. The summed E-state index contributed by atoms with van der Waals surface area (Å²) in [6.07, 6.45) is 0. The molecule has 0 nitrogen and oxygen atoms in total. The number of hydrogen-bond donors (Lipinski definition) is 0. The van der Waals surface area contributed by atoms with Gasteiger partial charge in [-0.3, -0.25) is 0 Å². The summed E-state index contributed by atoms with van der Waals surface area (Å²) < 4.78 is 1.88. The fourth-order valence-electron chi connectivity index (χ4n) is 5.64. The summed E-state index contributed by atoms with van der Waals surface area (Å²) in [5, 5.41) is 9.69. The van der Waals surface area contributed by atoms with Crippen molar-refractivity contribution in [2.75, 3.05) is 0 Å². The van der Waals surface area contributed by atoms with Gasteiger partial charge in [0.05, 0.1) is 0 Å². The van der Waals surface area contributed by atoms with Gasteiger partial charge in [-0.25, -0.2) is 0 Å². The summed E-state index contributed by atoms with van der Waals surface area (Å²) in [5.74, 6) is 0.733. The molecule has 0 radical (unpaired) electrons. The van der Waals surface area contributed by atoms with Crippen molar-refractivity contribution in [1.82, 2.24) is 0 Å². The van der Waals surface area contributed by atoms with Crippen LogP contribution in [0.5, 0.6) is 0 Å². The Labute approximate surface area is 161 Å². The first-order valence-corrected chi connectivity index (χ1v) is 18.0. The van der Waals surface area contributed by atoms with Crippen LogP contribution in [0.4, 0.5) is 0 Å². The van der Waals surface area contributed by atoms with Crippen LogP contribution in [0.15, 0.2) is 50.9 Å². The molecule has 1 aromatic rings. The predicted molar refractivity (Wildman–Crippen MR) is 114 cm³/mol. The van der Waals surface area contributed by atoms with Crippen molar-refractivity contribution in [3.05, 3.63) is 50.9 Å². The van der Waals surface area contributed by atoms with E-state index in [1.54, 1.807) is 21.9 Å². The molecule has 0 heterocycles. The van der Waals surface area contributed by atoms with Gasteiger partial charge in [-0.2, -0.15) is 0 Å². The summed E-state index contributed by atoms with van der Waals surface area (Å²) in [6, 6.07) is 12.9. The van der Waals surface area contributed by atoms with E-state index in [4.69, 9.17) is 0 Å². The zero-order valence-corrected chi connectivity index (χ0v) is 20.7. The fraction of sp³-hybridized carbons (Fsp3) is 0.565. The Hall–Kier alpha value is -0.369. The standard InChI is InChI=1S/C20H29Si.3CH3.Ti/c1-15(2)14-21(7,19-11-9-8-10-12-19)20(6)13-16(3)17(4)18(20)5;;;;/h8-12,15H,14H2,1-7H3;3*1H3;. The summed E-state index contributed by atoms with van der Waals surface area (Å²) in [4.78, 5) is 0. The van der Waals surface area contributed by atoms with Crippen molar-refractivity contribution in [2.24, 2.45) is 5.92 Å². The Morgan fingerprint density at radius 3 is 1.92 bits per heavy atom. The molecule has 25 heavy (non-hydrogen) atoms. The van der Waals surface area contributed by atoms with E-state index in [1.165, 1.54) is 6.04 Å². The average Bonchev–Trinajstić information content (AvgIpc) is 2.69. The molecule has 0 spiro atoms. The topological polar surface area (TPSA) is 0 Å². The van der Waals surface area contributed by atoms with Gasteiger partial charge in [0, 0.05) is 0 Å². The quantitative estimate of drug-likeness (QED) is 0.462. The molecule has 0 saturated carbocycles. The van der Waals surface area contributed by atoms with E-state index in [9.17, 15) is 0 Å². The zero-order valence-electron chi connectivity index (χ0n) is 18.2. The van der Waals surface area contributed by atoms with E-state index < -0.39 is 24.7 Å². The molecular weight excluding hydrogens is 352 g/mol. The molecule has 1 aliphatic carbocycles. The minimum absolute atomic E-state index is 0.269. The zero-order chi connectivity index (χ0) is 19.2. The number of rotatable bonds is 5. The first-order chi connectivity index (χ1) is 11.4. The van der Waals surface area contributed by atoms with E-state index in [2.05, 4.69) is 94.1 Å². The second-order valence-corrected chi connectivity index (χ2v) is 22.4. The summed E-state index contributed by atoms with van der Waals surface area (Å²) in [7, 11) is -1.77.